The first-order chi connectivity index (χ1) is 9.63. The molecule has 0 N–H and O–H groups in total. The average Bonchev–Trinajstić information content (AvgIpc) is 2.26. The van der Waals surface area contributed by atoms with E-state index in [0.717, 1.165) is 11.3 Å². The zero-order valence-electron chi connectivity index (χ0n) is 15.3. The van der Waals surface area contributed by atoms with Crippen LogP contribution in [0.3, 0.4) is 0 Å². The van der Waals surface area contributed by atoms with Gasteiger partial charge in [0.25, 0.3) is 0 Å². The molecular formula is C19H32O2. The fourth-order valence-electron chi connectivity index (χ4n) is 2.85. The Kier molecular flexibility index (Phi) is 7.70. The molecule has 0 aliphatic rings. The molecule has 1 aromatic carbocycles. The third-order valence-corrected chi connectivity index (χ3v) is 3.17. The Morgan fingerprint density at radius 2 is 1.71 bits per heavy atom. The number of ether oxygens (including phenoxy) is 1. The van der Waals surface area contributed by atoms with Crippen LogP contribution in [0.1, 0.15) is 71.6 Å². The number of aryl methyl sites for hydroxylation is 2. The van der Waals surface area contributed by atoms with Crippen molar-refractivity contribution >= 4 is 5.78 Å². The lowest BCUT2D eigenvalue weighted by Gasteiger charge is -2.29. The molecule has 0 atom stereocenters. The Labute approximate surface area is 130 Å². The van der Waals surface area contributed by atoms with E-state index in [4.69, 9.17) is 4.74 Å². The van der Waals surface area contributed by atoms with Gasteiger partial charge < -0.3 is 4.74 Å². The number of hydrogen-bond acceptors (Lipinski definition) is 2. The Bertz CT molecular complexity index is 471. The van der Waals surface area contributed by atoms with Crippen LogP contribution in [0.2, 0.25) is 0 Å². The van der Waals surface area contributed by atoms with Crippen LogP contribution in [-0.4, -0.2) is 11.9 Å². The van der Waals surface area contributed by atoms with Gasteiger partial charge in [0.1, 0.15) is 11.5 Å². The van der Waals surface area contributed by atoms with E-state index in [0.29, 0.717) is 6.42 Å². The highest BCUT2D eigenvalue weighted by molar-refractivity contribution is 5.77. The van der Waals surface area contributed by atoms with Crippen molar-refractivity contribution in [1.29, 1.82) is 0 Å². The zero-order valence-corrected chi connectivity index (χ0v) is 15.3. The third-order valence-electron chi connectivity index (χ3n) is 3.17. The molecule has 0 saturated carbocycles. The van der Waals surface area contributed by atoms with Gasteiger partial charge in [-0.25, -0.2) is 0 Å². The largest absolute Gasteiger partial charge is 0.491 e. The quantitative estimate of drug-likeness (QED) is 0.729. The molecule has 2 nitrogen and oxygen atoms in total. The van der Waals surface area contributed by atoms with Gasteiger partial charge in [0, 0.05) is 17.4 Å². The van der Waals surface area contributed by atoms with Crippen molar-refractivity contribution in [2.24, 2.45) is 0 Å². The molecule has 0 radical (unpaired) electrons. The van der Waals surface area contributed by atoms with Crippen molar-refractivity contribution in [3.8, 4) is 5.75 Å². The van der Waals surface area contributed by atoms with Gasteiger partial charge in [0.2, 0.25) is 0 Å². The summed E-state index contributed by atoms with van der Waals surface area (Å²) in [6.07, 6.45) is 0.666. The predicted molar refractivity (Wildman–Crippen MR) is 91.4 cm³/mol. The van der Waals surface area contributed by atoms with Gasteiger partial charge in [-0.3, -0.25) is 4.79 Å². The molecule has 2 heteroatoms. The molecule has 1 aromatic rings. The van der Waals surface area contributed by atoms with Crippen LogP contribution in [0.25, 0.3) is 0 Å². The Morgan fingerprint density at radius 3 is 2.14 bits per heavy atom. The Balaban J connectivity index is 0.00000191. The highest BCUT2D eigenvalue weighted by Gasteiger charge is 2.28. The monoisotopic (exact) mass is 292 g/mol. The van der Waals surface area contributed by atoms with Crippen LogP contribution in [0, 0.1) is 13.8 Å². The molecule has 0 spiro atoms. The molecule has 0 amide bonds. The SMILES string of the molecule is CC.CC(=O)CC(C)(C)c1c(C)cc(C)cc1OC(C)C. The van der Waals surface area contributed by atoms with E-state index in [-0.39, 0.29) is 17.3 Å². The van der Waals surface area contributed by atoms with Gasteiger partial charge in [0.05, 0.1) is 6.10 Å². The third kappa shape index (κ3) is 5.91. The van der Waals surface area contributed by atoms with Crippen molar-refractivity contribution in [2.45, 2.75) is 80.3 Å². The number of hydrogen-bond donors (Lipinski definition) is 0. The zero-order chi connectivity index (χ0) is 16.8. The van der Waals surface area contributed by atoms with E-state index >= 15 is 0 Å². The minimum Gasteiger partial charge on any atom is -0.491 e. The van der Waals surface area contributed by atoms with Crippen LogP contribution < -0.4 is 4.74 Å². The molecule has 21 heavy (non-hydrogen) atoms. The van der Waals surface area contributed by atoms with Crippen molar-refractivity contribution in [2.75, 3.05) is 0 Å². The van der Waals surface area contributed by atoms with E-state index < -0.39 is 0 Å². The van der Waals surface area contributed by atoms with Crippen molar-refractivity contribution in [1.82, 2.24) is 0 Å². The van der Waals surface area contributed by atoms with E-state index in [1.54, 1.807) is 6.92 Å². The summed E-state index contributed by atoms with van der Waals surface area (Å²) >= 11 is 0. The second kappa shape index (κ2) is 8.21. The highest BCUT2D eigenvalue weighted by Crippen LogP contribution is 2.38. The fourth-order valence-corrected chi connectivity index (χ4v) is 2.85. The summed E-state index contributed by atoms with van der Waals surface area (Å²) in [5.41, 5.74) is 3.34. The number of carbonyl (C=O) groups is 1. The fraction of sp³-hybridized carbons (Fsp3) is 0.632. The maximum Gasteiger partial charge on any atom is 0.130 e. The summed E-state index contributed by atoms with van der Waals surface area (Å²) < 4.78 is 5.96. The number of Topliss-reactive ketones (excluding diaryl/α,β-unsaturated/α-hetero) is 1. The lowest BCUT2D eigenvalue weighted by molar-refractivity contribution is -0.118. The molecule has 120 valence electrons. The molecular weight excluding hydrogens is 260 g/mol. The molecule has 1 rings (SSSR count). The van der Waals surface area contributed by atoms with Gasteiger partial charge in [-0.1, -0.05) is 33.8 Å². The average molecular weight is 292 g/mol. The summed E-state index contributed by atoms with van der Waals surface area (Å²) in [7, 11) is 0. The number of ketones is 1. The Morgan fingerprint density at radius 1 is 1.19 bits per heavy atom. The summed E-state index contributed by atoms with van der Waals surface area (Å²) in [5.74, 6) is 1.12. The Hall–Kier alpha value is -1.31. The van der Waals surface area contributed by atoms with Crippen LogP contribution in [0.5, 0.6) is 5.75 Å². The standard InChI is InChI=1S/C17H26O2.C2H6/c1-11(2)19-15-9-12(3)8-13(4)16(15)17(6,7)10-14(5)18;1-2/h8-9,11H,10H2,1-7H3;1-2H3. The van der Waals surface area contributed by atoms with Gasteiger partial charge in [-0.05, 0) is 51.8 Å². The van der Waals surface area contributed by atoms with Gasteiger partial charge in [-0.2, -0.15) is 0 Å². The second-order valence-electron chi connectivity index (χ2n) is 6.38. The molecule has 0 bridgehead atoms. The predicted octanol–water partition coefficient (Wildman–Crippen LogP) is 5.37. The minimum absolute atomic E-state index is 0.132. The van der Waals surface area contributed by atoms with Gasteiger partial charge in [-0.15, -0.1) is 0 Å². The van der Waals surface area contributed by atoms with Crippen LogP contribution in [0.15, 0.2) is 12.1 Å². The molecule has 0 aliphatic carbocycles. The number of benzene rings is 1. The highest BCUT2D eigenvalue weighted by atomic mass is 16.5. The topological polar surface area (TPSA) is 26.3 Å². The molecule has 0 heterocycles. The van der Waals surface area contributed by atoms with Crippen LogP contribution in [-0.2, 0) is 10.2 Å². The lowest BCUT2D eigenvalue weighted by Crippen LogP contribution is -2.24. The second-order valence-corrected chi connectivity index (χ2v) is 6.38. The van der Waals surface area contributed by atoms with Gasteiger partial charge in [0.15, 0.2) is 0 Å². The van der Waals surface area contributed by atoms with Crippen LogP contribution >= 0.6 is 0 Å². The van der Waals surface area contributed by atoms with Crippen molar-refractivity contribution in [3.05, 3.63) is 28.8 Å². The summed E-state index contributed by atoms with van der Waals surface area (Å²) in [6.45, 7) is 18.1. The number of carbonyl (C=O) groups excluding carboxylic acids is 1. The number of rotatable bonds is 5. The normalized spacial score (nSPS) is 11.0. The van der Waals surface area contributed by atoms with E-state index in [1.807, 2.05) is 27.7 Å². The minimum atomic E-state index is -0.201. The first kappa shape index (κ1) is 19.7. The van der Waals surface area contributed by atoms with Crippen molar-refractivity contribution < 1.29 is 9.53 Å². The lowest BCUT2D eigenvalue weighted by atomic mass is 9.77. The summed E-state index contributed by atoms with van der Waals surface area (Å²) in [4.78, 5) is 11.5. The summed E-state index contributed by atoms with van der Waals surface area (Å²) in [6, 6.07) is 4.23. The maximum atomic E-state index is 11.5. The van der Waals surface area contributed by atoms with E-state index in [9.17, 15) is 4.79 Å². The van der Waals surface area contributed by atoms with E-state index in [2.05, 4.69) is 39.8 Å². The van der Waals surface area contributed by atoms with Crippen LogP contribution in [0.4, 0.5) is 0 Å². The van der Waals surface area contributed by atoms with Crippen molar-refractivity contribution in [3.63, 3.8) is 0 Å². The molecule has 0 aromatic heterocycles. The first-order valence-electron chi connectivity index (χ1n) is 7.91. The summed E-state index contributed by atoms with van der Waals surface area (Å²) in [5, 5.41) is 0. The molecule has 0 saturated heterocycles. The molecule has 0 aliphatic heterocycles. The van der Waals surface area contributed by atoms with Gasteiger partial charge >= 0.3 is 0 Å². The molecule has 0 fully saturated rings. The maximum absolute atomic E-state index is 11.5. The smallest absolute Gasteiger partial charge is 0.130 e. The molecule has 0 unspecified atom stereocenters. The first-order valence-corrected chi connectivity index (χ1v) is 7.91. The van der Waals surface area contributed by atoms with E-state index in [1.165, 1.54) is 11.1 Å².